The van der Waals surface area contributed by atoms with Gasteiger partial charge in [-0.25, -0.2) is 4.39 Å². The highest BCUT2D eigenvalue weighted by molar-refractivity contribution is 9.10. The highest BCUT2D eigenvalue weighted by atomic mass is 79.9. The minimum Gasteiger partial charge on any atom is -0.205 e. The van der Waals surface area contributed by atoms with Crippen molar-refractivity contribution in [1.29, 1.82) is 0 Å². The SMILES string of the molecule is Fc1c(Br)ccc2c1CSC2. The Morgan fingerprint density at radius 2 is 2.18 bits per heavy atom. The fourth-order valence-electron chi connectivity index (χ4n) is 1.19. The predicted molar refractivity (Wildman–Crippen MR) is 49.1 cm³/mol. The molecule has 0 nitrogen and oxygen atoms in total. The molecule has 0 aromatic heterocycles. The second-order valence-electron chi connectivity index (χ2n) is 2.49. The van der Waals surface area contributed by atoms with Crippen molar-refractivity contribution in [1.82, 2.24) is 0 Å². The van der Waals surface area contributed by atoms with E-state index in [-0.39, 0.29) is 5.82 Å². The number of hydrogen-bond donors (Lipinski definition) is 0. The maximum atomic E-state index is 13.2. The summed E-state index contributed by atoms with van der Waals surface area (Å²) in [6.45, 7) is 0. The van der Waals surface area contributed by atoms with Gasteiger partial charge in [0.25, 0.3) is 0 Å². The number of fused-ring (bicyclic) bond motifs is 1. The van der Waals surface area contributed by atoms with Crippen molar-refractivity contribution in [2.45, 2.75) is 11.5 Å². The van der Waals surface area contributed by atoms with Gasteiger partial charge >= 0.3 is 0 Å². The van der Waals surface area contributed by atoms with Gasteiger partial charge in [0.1, 0.15) is 5.82 Å². The Balaban J connectivity index is 2.62. The Morgan fingerprint density at radius 3 is 3.00 bits per heavy atom. The third kappa shape index (κ3) is 1.20. The Kier molecular flexibility index (Phi) is 1.93. The van der Waals surface area contributed by atoms with Crippen molar-refractivity contribution in [2.24, 2.45) is 0 Å². The molecule has 0 amide bonds. The van der Waals surface area contributed by atoms with Crippen LogP contribution in [0.2, 0.25) is 0 Å². The van der Waals surface area contributed by atoms with Gasteiger partial charge in [0.2, 0.25) is 0 Å². The molecule has 0 aliphatic carbocycles. The summed E-state index contributed by atoms with van der Waals surface area (Å²) in [7, 11) is 0. The summed E-state index contributed by atoms with van der Waals surface area (Å²) >= 11 is 4.93. The lowest BCUT2D eigenvalue weighted by Crippen LogP contribution is -1.88. The molecule has 2 rings (SSSR count). The van der Waals surface area contributed by atoms with Crippen LogP contribution in [0.1, 0.15) is 11.1 Å². The standard InChI is InChI=1S/C8H6BrFS/c9-7-2-1-5-3-11-4-6(5)8(7)10/h1-2H,3-4H2. The number of thioether (sulfide) groups is 1. The van der Waals surface area contributed by atoms with Crippen molar-refractivity contribution in [3.8, 4) is 0 Å². The summed E-state index contributed by atoms with van der Waals surface area (Å²) in [6, 6.07) is 3.77. The quantitative estimate of drug-likeness (QED) is 0.662. The fourth-order valence-corrected chi connectivity index (χ4v) is 2.67. The van der Waals surface area contributed by atoms with E-state index in [4.69, 9.17) is 0 Å². The molecule has 1 heterocycles. The van der Waals surface area contributed by atoms with Gasteiger partial charge in [0.15, 0.2) is 0 Å². The molecule has 0 radical (unpaired) electrons. The van der Waals surface area contributed by atoms with E-state index in [0.717, 1.165) is 22.6 Å². The number of halogens is 2. The van der Waals surface area contributed by atoms with Gasteiger partial charge in [0.05, 0.1) is 4.47 Å². The monoisotopic (exact) mass is 232 g/mol. The molecule has 0 unspecified atom stereocenters. The van der Waals surface area contributed by atoms with E-state index in [1.165, 1.54) is 0 Å². The summed E-state index contributed by atoms with van der Waals surface area (Å²) in [4.78, 5) is 0. The largest absolute Gasteiger partial charge is 0.205 e. The topological polar surface area (TPSA) is 0 Å². The fraction of sp³-hybridized carbons (Fsp3) is 0.250. The first-order chi connectivity index (χ1) is 5.29. The molecule has 1 aromatic carbocycles. The van der Waals surface area contributed by atoms with Gasteiger partial charge in [0, 0.05) is 17.1 Å². The molecule has 0 N–H and O–H groups in total. The molecule has 1 aliphatic heterocycles. The van der Waals surface area contributed by atoms with E-state index in [0.29, 0.717) is 4.47 Å². The van der Waals surface area contributed by atoms with E-state index in [1.54, 1.807) is 17.8 Å². The van der Waals surface area contributed by atoms with Gasteiger partial charge in [-0.05, 0) is 27.6 Å². The van der Waals surface area contributed by atoms with Gasteiger partial charge in [-0.15, -0.1) is 0 Å². The molecule has 0 atom stereocenters. The maximum absolute atomic E-state index is 13.2. The van der Waals surface area contributed by atoms with Crippen LogP contribution in [0, 0.1) is 5.82 Å². The smallest absolute Gasteiger partial charge is 0.141 e. The number of hydrogen-bond acceptors (Lipinski definition) is 1. The minimum atomic E-state index is -0.0764. The Morgan fingerprint density at radius 1 is 1.36 bits per heavy atom. The van der Waals surface area contributed by atoms with Crippen LogP contribution in [0.5, 0.6) is 0 Å². The molecule has 0 fully saturated rings. The Bertz CT molecular complexity index is 298. The third-order valence-corrected chi connectivity index (χ3v) is 3.42. The van der Waals surface area contributed by atoms with E-state index < -0.39 is 0 Å². The van der Waals surface area contributed by atoms with Crippen molar-refractivity contribution >= 4 is 27.7 Å². The zero-order valence-corrected chi connectivity index (χ0v) is 8.14. The van der Waals surface area contributed by atoms with Crippen LogP contribution in [0.3, 0.4) is 0 Å². The number of benzene rings is 1. The average Bonchev–Trinajstić information content (AvgIpc) is 2.45. The second-order valence-corrected chi connectivity index (χ2v) is 4.33. The molecule has 0 bridgehead atoms. The maximum Gasteiger partial charge on any atom is 0.141 e. The molecule has 1 aliphatic rings. The van der Waals surface area contributed by atoms with Crippen LogP contribution >= 0.6 is 27.7 Å². The zero-order chi connectivity index (χ0) is 7.84. The molecular formula is C8H6BrFS. The summed E-state index contributed by atoms with van der Waals surface area (Å²) in [5.41, 5.74) is 2.03. The lowest BCUT2D eigenvalue weighted by atomic mass is 10.1. The average molecular weight is 233 g/mol. The van der Waals surface area contributed by atoms with Gasteiger partial charge in [-0.1, -0.05) is 6.07 Å². The predicted octanol–water partition coefficient (Wildman–Crippen LogP) is 3.34. The van der Waals surface area contributed by atoms with E-state index in [9.17, 15) is 4.39 Å². The van der Waals surface area contributed by atoms with Crippen molar-refractivity contribution in [3.63, 3.8) is 0 Å². The molecule has 1 aromatic rings. The first kappa shape index (κ1) is 7.62. The van der Waals surface area contributed by atoms with Crippen LogP contribution in [-0.2, 0) is 11.5 Å². The second kappa shape index (κ2) is 2.79. The number of rotatable bonds is 0. The summed E-state index contributed by atoms with van der Waals surface area (Å²) in [6.07, 6.45) is 0. The minimum absolute atomic E-state index is 0.0764. The van der Waals surface area contributed by atoms with E-state index >= 15 is 0 Å². The first-order valence-electron chi connectivity index (χ1n) is 3.32. The van der Waals surface area contributed by atoms with Crippen LogP contribution in [-0.4, -0.2) is 0 Å². The summed E-state index contributed by atoms with van der Waals surface area (Å²) in [5.74, 6) is 1.70. The van der Waals surface area contributed by atoms with Gasteiger partial charge < -0.3 is 0 Å². The van der Waals surface area contributed by atoms with E-state index in [2.05, 4.69) is 15.9 Å². The van der Waals surface area contributed by atoms with Crippen molar-refractivity contribution in [3.05, 3.63) is 33.5 Å². The lowest BCUT2D eigenvalue weighted by molar-refractivity contribution is 0.610. The normalized spacial score (nSPS) is 15.1. The summed E-state index contributed by atoms with van der Waals surface area (Å²) in [5, 5.41) is 0. The molecule has 11 heavy (non-hydrogen) atoms. The van der Waals surface area contributed by atoms with E-state index in [1.807, 2.05) is 6.07 Å². The van der Waals surface area contributed by atoms with Crippen LogP contribution in [0.15, 0.2) is 16.6 Å². The highest BCUT2D eigenvalue weighted by Gasteiger charge is 2.16. The lowest BCUT2D eigenvalue weighted by Gasteiger charge is -2.00. The van der Waals surface area contributed by atoms with Crippen LogP contribution < -0.4 is 0 Å². The molecule has 3 heteroatoms. The Hall–Kier alpha value is -0.0200. The van der Waals surface area contributed by atoms with Crippen LogP contribution in [0.25, 0.3) is 0 Å². The molecule has 58 valence electrons. The van der Waals surface area contributed by atoms with Gasteiger partial charge in [-0.2, -0.15) is 11.8 Å². The zero-order valence-electron chi connectivity index (χ0n) is 5.73. The molecular weight excluding hydrogens is 227 g/mol. The molecule has 0 saturated heterocycles. The molecule has 0 spiro atoms. The highest BCUT2D eigenvalue weighted by Crippen LogP contribution is 2.34. The van der Waals surface area contributed by atoms with Crippen LogP contribution in [0.4, 0.5) is 4.39 Å². The first-order valence-corrected chi connectivity index (χ1v) is 5.27. The summed E-state index contributed by atoms with van der Waals surface area (Å²) < 4.78 is 13.8. The molecule has 0 saturated carbocycles. The third-order valence-electron chi connectivity index (χ3n) is 1.80. The van der Waals surface area contributed by atoms with Crippen molar-refractivity contribution in [2.75, 3.05) is 0 Å². The van der Waals surface area contributed by atoms with Crippen molar-refractivity contribution < 1.29 is 4.39 Å². The Labute approximate surface area is 77.3 Å². The van der Waals surface area contributed by atoms with Gasteiger partial charge in [-0.3, -0.25) is 0 Å².